The Morgan fingerprint density at radius 1 is 0.921 bits per heavy atom. The number of hydrogen-bond donors (Lipinski definition) is 3. The van der Waals surface area contributed by atoms with E-state index in [2.05, 4.69) is 27.9 Å². The maximum atomic E-state index is 13.3. The van der Waals surface area contributed by atoms with Crippen LogP contribution in [0.5, 0.6) is 17.2 Å². The zero-order chi connectivity index (χ0) is 44.8. The molecule has 17 nitrogen and oxygen atoms in total. The van der Waals surface area contributed by atoms with Crippen LogP contribution in [0.2, 0.25) is 0 Å². The lowest BCUT2D eigenvalue weighted by Gasteiger charge is -2.70. The zero-order valence-electron chi connectivity index (χ0n) is 36.5. The van der Waals surface area contributed by atoms with Crippen LogP contribution >= 0.6 is 0 Å². The number of carbonyl (C=O) groups excluding carboxylic acids is 6. The third-order valence-corrected chi connectivity index (χ3v) is 13.4. The highest BCUT2D eigenvalue weighted by Gasteiger charge is 2.71. The van der Waals surface area contributed by atoms with Crippen molar-refractivity contribution in [3.63, 3.8) is 0 Å². The van der Waals surface area contributed by atoms with Crippen LogP contribution in [0.3, 0.4) is 0 Å². The van der Waals surface area contributed by atoms with Gasteiger partial charge < -0.3 is 39.2 Å². The molecule has 0 radical (unpaired) electrons. The van der Waals surface area contributed by atoms with Crippen molar-refractivity contribution in [1.29, 1.82) is 0 Å². The monoisotopic (exact) mass is 865 g/mol. The van der Waals surface area contributed by atoms with Crippen LogP contribution < -0.4 is 35.7 Å². The van der Waals surface area contributed by atoms with Gasteiger partial charge in [0, 0.05) is 70.6 Å². The molecule has 7 amide bonds. The minimum absolute atomic E-state index is 0.0479. The number of imide groups is 2. The van der Waals surface area contributed by atoms with Gasteiger partial charge in [0.15, 0.2) is 0 Å². The van der Waals surface area contributed by atoms with Gasteiger partial charge in [-0.3, -0.25) is 39.0 Å². The Bertz CT molecular complexity index is 2420. The van der Waals surface area contributed by atoms with E-state index in [9.17, 15) is 33.6 Å². The highest BCUT2D eigenvalue weighted by atomic mass is 16.5. The molecule has 63 heavy (non-hydrogen) atoms. The van der Waals surface area contributed by atoms with E-state index in [0.29, 0.717) is 62.7 Å². The fourth-order valence-corrected chi connectivity index (χ4v) is 10.6. The third kappa shape index (κ3) is 7.91. The second kappa shape index (κ2) is 17.1. The maximum Gasteiger partial charge on any atom is 0.317 e. The molecule has 4 heterocycles. The summed E-state index contributed by atoms with van der Waals surface area (Å²) in [7, 11) is 8.67. The number of nitrogens with zero attached hydrogens (tertiary/aromatic N) is 4. The largest absolute Gasteiger partial charge is 0.496 e. The van der Waals surface area contributed by atoms with Crippen molar-refractivity contribution in [3.8, 4) is 28.4 Å². The third-order valence-electron chi connectivity index (χ3n) is 13.4. The molecule has 3 aliphatic heterocycles. The molecule has 6 aliphatic rings. The number of ether oxygens (including phenoxy) is 3. The van der Waals surface area contributed by atoms with Gasteiger partial charge in [0.2, 0.25) is 17.7 Å². The number of piperidine rings is 1. The molecule has 1 aromatic heterocycles. The van der Waals surface area contributed by atoms with Crippen LogP contribution in [0.15, 0.2) is 41.3 Å². The maximum absolute atomic E-state index is 13.3. The van der Waals surface area contributed by atoms with Gasteiger partial charge in [-0.25, -0.2) is 4.79 Å². The smallest absolute Gasteiger partial charge is 0.317 e. The number of aryl methyl sites for hydroxylation is 1. The number of methoxy groups -OCH3 is 2. The van der Waals surface area contributed by atoms with Gasteiger partial charge in [-0.2, -0.15) is 0 Å². The first kappa shape index (κ1) is 43.4. The molecule has 1 unspecified atom stereocenters. The van der Waals surface area contributed by atoms with Gasteiger partial charge in [0.05, 0.1) is 42.9 Å². The molecular formula is C46H55N7O10. The summed E-state index contributed by atoms with van der Waals surface area (Å²) < 4.78 is 19.4. The number of rotatable bonds is 16. The van der Waals surface area contributed by atoms with E-state index < -0.39 is 29.7 Å². The minimum atomic E-state index is -1.04. The molecule has 1 atom stereocenters. The number of pyridine rings is 1. The van der Waals surface area contributed by atoms with E-state index in [-0.39, 0.29) is 58.0 Å². The van der Waals surface area contributed by atoms with E-state index in [1.165, 1.54) is 6.07 Å². The molecule has 3 N–H and O–H groups in total. The molecule has 4 fully saturated rings. The van der Waals surface area contributed by atoms with Crippen molar-refractivity contribution in [1.82, 2.24) is 35.2 Å². The van der Waals surface area contributed by atoms with E-state index >= 15 is 0 Å². The average molecular weight is 866 g/mol. The molecule has 3 aliphatic carbocycles. The van der Waals surface area contributed by atoms with Crippen LogP contribution in [0.1, 0.15) is 88.8 Å². The van der Waals surface area contributed by atoms with E-state index in [1.54, 1.807) is 49.9 Å². The lowest BCUT2D eigenvalue weighted by molar-refractivity contribution is -0.213. The number of aromatic nitrogens is 1. The van der Waals surface area contributed by atoms with Crippen LogP contribution in [0.25, 0.3) is 11.1 Å². The first-order valence-electron chi connectivity index (χ1n) is 21.6. The predicted molar refractivity (Wildman–Crippen MR) is 229 cm³/mol. The number of urea groups is 1. The average Bonchev–Trinajstić information content (AvgIpc) is 3.50. The zero-order valence-corrected chi connectivity index (χ0v) is 36.5. The molecule has 17 heteroatoms. The predicted octanol–water partition coefficient (Wildman–Crippen LogP) is 3.14. The summed E-state index contributed by atoms with van der Waals surface area (Å²) in [6.07, 6.45) is 7.14. The van der Waals surface area contributed by atoms with Gasteiger partial charge in [0.25, 0.3) is 17.4 Å². The first-order valence-corrected chi connectivity index (χ1v) is 21.6. The number of carbonyl (C=O) groups is 6. The second-order valence-electron chi connectivity index (χ2n) is 17.8. The number of benzene rings is 2. The molecule has 334 valence electrons. The highest BCUT2D eigenvalue weighted by Crippen LogP contribution is 2.73. The Balaban J connectivity index is 0.797. The van der Waals surface area contributed by atoms with Crippen molar-refractivity contribution in [2.24, 2.45) is 17.9 Å². The lowest BCUT2D eigenvalue weighted by atomic mass is 9.34. The summed E-state index contributed by atoms with van der Waals surface area (Å²) in [5.41, 5.74) is 4.11. The minimum Gasteiger partial charge on any atom is -0.496 e. The van der Waals surface area contributed by atoms with Crippen molar-refractivity contribution < 1.29 is 43.0 Å². The summed E-state index contributed by atoms with van der Waals surface area (Å²) >= 11 is 0. The topological polar surface area (TPSA) is 198 Å². The first-order chi connectivity index (χ1) is 30.2. The lowest BCUT2D eigenvalue weighted by Crippen LogP contribution is -2.70. The molecule has 2 aromatic carbocycles. The van der Waals surface area contributed by atoms with Crippen LogP contribution in [0.4, 0.5) is 4.79 Å². The van der Waals surface area contributed by atoms with Gasteiger partial charge >= 0.3 is 6.03 Å². The molecule has 3 saturated carbocycles. The summed E-state index contributed by atoms with van der Waals surface area (Å²) in [6.45, 7) is 3.02. The van der Waals surface area contributed by atoms with Crippen LogP contribution in [-0.4, -0.2) is 115 Å². The number of amides is 7. The Kier molecular flexibility index (Phi) is 11.8. The SMILES string of the molecule is CNC(=O)N1CCc2c(c(-c3cc(OC)c(CN(C)CC45CC(C(=O)NCCCCCOc6cccc7c6C(=O)N(C6CCC(=O)NC6=O)C7=O)(C4)C5)c(OC)c3)cn(C)c2=O)C1. The highest BCUT2D eigenvalue weighted by molar-refractivity contribution is 6.24. The Hall–Kier alpha value is -6.23. The Morgan fingerprint density at radius 2 is 1.65 bits per heavy atom. The fraction of sp³-hybridized carbons (Fsp3) is 0.500. The van der Waals surface area contributed by atoms with Crippen molar-refractivity contribution >= 4 is 35.6 Å². The van der Waals surface area contributed by atoms with Crippen LogP contribution in [-0.2, 0) is 40.9 Å². The van der Waals surface area contributed by atoms with Crippen molar-refractivity contribution in [2.45, 2.75) is 76.9 Å². The quantitative estimate of drug-likeness (QED) is 0.141. The molecule has 1 saturated heterocycles. The Labute approximate surface area is 365 Å². The van der Waals surface area contributed by atoms with Crippen molar-refractivity contribution in [2.75, 3.05) is 54.6 Å². The second-order valence-corrected chi connectivity index (χ2v) is 17.8. The normalized spacial score (nSPS) is 22.2. The number of hydrogen-bond acceptors (Lipinski definition) is 11. The summed E-state index contributed by atoms with van der Waals surface area (Å²) in [6, 6.07) is 7.51. The number of unbranched alkanes of at least 4 members (excludes halogenated alkanes) is 2. The van der Waals surface area contributed by atoms with Gasteiger partial charge in [0.1, 0.15) is 23.3 Å². The van der Waals surface area contributed by atoms with Crippen LogP contribution in [0, 0.1) is 10.8 Å². The van der Waals surface area contributed by atoms with Gasteiger partial charge in [-0.05, 0) is 99.2 Å². The summed E-state index contributed by atoms with van der Waals surface area (Å²) in [4.78, 5) is 94.3. The molecule has 0 spiro atoms. The van der Waals surface area contributed by atoms with E-state index in [1.807, 2.05) is 18.3 Å². The van der Waals surface area contributed by atoms with Gasteiger partial charge in [-0.1, -0.05) is 6.07 Å². The Morgan fingerprint density at radius 3 is 2.33 bits per heavy atom. The van der Waals surface area contributed by atoms with E-state index in [0.717, 1.165) is 65.8 Å². The molecular weight excluding hydrogens is 811 g/mol. The van der Waals surface area contributed by atoms with Crippen molar-refractivity contribution in [3.05, 3.63) is 74.7 Å². The molecule has 3 aromatic rings. The molecule has 9 rings (SSSR count). The van der Waals surface area contributed by atoms with E-state index in [4.69, 9.17) is 14.2 Å². The number of fused-ring (bicyclic) bond motifs is 2. The standard InChI is InChI=1S/C46H55N7O10/c1-47-44(60)52-16-14-28-31(22-52)30(21-51(3)40(28)56)27-18-35(61-4)32(36(19-27)62-5)20-50(2)26-45-23-46(24-45,25-45)43(59)48-15-7-6-8-17-63-34-11-9-10-29-38(34)42(58)53(41(29)57)33-12-13-37(54)49-39(33)55/h9-11,18-19,21,33H,6-8,12-17,20,22-26H2,1-5H3,(H,47,60)(H,48,59)(H,49,54,55). The van der Waals surface area contributed by atoms with Gasteiger partial charge in [-0.15, -0.1) is 0 Å². The molecule has 2 bridgehead atoms. The number of nitrogens with one attached hydrogen (secondary N) is 3. The summed E-state index contributed by atoms with van der Waals surface area (Å²) in [5, 5.41) is 8.04. The fourth-order valence-electron chi connectivity index (χ4n) is 10.6. The summed E-state index contributed by atoms with van der Waals surface area (Å²) in [5.74, 6) is -0.568.